The molecule has 0 bridgehead atoms. The van der Waals surface area contributed by atoms with E-state index < -0.39 is 0 Å². The Balaban J connectivity index is 0.00000225. The van der Waals surface area contributed by atoms with Crippen molar-refractivity contribution in [3.05, 3.63) is 29.8 Å². The summed E-state index contributed by atoms with van der Waals surface area (Å²) in [5.41, 5.74) is 2.41. The summed E-state index contributed by atoms with van der Waals surface area (Å²) < 4.78 is 5.53. The Morgan fingerprint density at radius 2 is 1.93 bits per heavy atom. The summed E-state index contributed by atoms with van der Waals surface area (Å²) in [7, 11) is 0. The monoisotopic (exact) mass is 209 g/mol. The summed E-state index contributed by atoms with van der Waals surface area (Å²) >= 11 is 0. The minimum atomic E-state index is 0. The van der Waals surface area contributed by atoms with E-state index >= 15 is 0 Å². The molecule has 0 amide bonds. The third-order valence-electron chi connectivity index (χ3n) is 2.12. The highest BCUT2D eigenvalue weighted by Crippen LogP contribution is 2.10. The van der Waals surface area contributed by atoms with E-state index in [-0.39, 0.29) is 1.43 Å². The van der Waals surface area contributed by atoms with E-state index in [1.807, 2.05) is 0 Å². The summed E-state index contributed by atoms with van der Waals surface area (Å²) in [6, 6.07) is 8.43. The fourth-order valence-electron chi connectivity index (χ4n) is 1.25. The van der Waals surface area contributed by atoms with E-state index in [1.165, 1.54) is 11.3 Å². The van der Waals surface area contributed by atoms with Gasteiger partial charge in [-0.05, 0) is 38.0 Å². The molecule has 2 nitrogen and oxygen atoms in total. The van der Waals surface area contributed by atoms with Gasteiger partial charge in [-0.25, -0.2) is 0 Å². The summed E-state index contributed by atoms with van der Waals surface area (Å²) in [6.07, 6.45) is 1.45. The highest BCUT2D eigenvalue weighted by Gasteiger charge is 1.96. The Morgan fingerprint density at radius 1 is 1.27 bits per heavy atom. The molecule has 1 N–H and O–H groups in total. The number of nitrogens with one attached hydrogen (secondary N) is 1. The van der Waals surface area contributed by atoms with Crippen LogP contribution in [0.15, 0.2) is 24.3 Å². The van der Waals surface area contributed by atoms with Crippen molar-refractivity contribution in [1.29, 1.82) is 0 Å². The van der Waals surface area contributed by atoms with Crippen molar-refractivity contribution in [1.82, 2.24) is 0 Å². The zero-order valence-corrected chi connectivity index (χ0v) is 9.92. The molecule has 0 radical (unpaired) electrons. The van der Waals surface area contributed by atoms with E-state index in [9.17, 15) is 0 Å². The average Bonchev–Trinajstić information content (AvgIpc) is 2.25. The Morgan fingerprint density at radius 3 is 2.47 bits per heavy atom. The number of ether oxygens (including phenoxy) is 1. The van der Waals surface area contributed by atoms with Crippen molar-refractivity contribution >= 4 is 5.69 Å². The number of hydrogen-bond acceptors (Lipinski definition) is 2. The van der Waals surface area contributed by atoms with Gasteiger partial charge in [0.2, 0.25) is 0 Å². The standard InChI is InChI=1S/C13H21NO.H2/c1-4-9-14-13-7-5-12(6-8-13)10-15-11(2)3;/h5-8,11,14H,4,9-10H2,1-3H3;1H. The van der Waals surface area contributed by atoms with E-state index in [0.717, 1.165) is 13.0 Å². The molecule has 1 aromatic rings. The van der Waals surface area contributed by atoms with Gasteiger partial charge >= 0.3 is 0 Å². The van der Waals surface area contributed by atoms with E-state index in [1.54, 1.807) is 0 Å². The Kier molecular flexibility index (Phi) is 5.19. The fraction of sp³-hybridized carbons (Fsp3) is 0.538. The van der Waals surface area contributed by atoms with Crippen molar-refractivity contribution in [2.24, 2.45) is 0 Å². The second-order valence-corrected chi connectivity index (χ2v) is 3.98. The molecule has 0 heterocycles. The number of rotatable bonds is 6. The zero-order chi connectivity index (χ0) is 11.1. The van der Waals surface area contributed by atoms with Crippen molar-refractivity contribution < 1.29 is 6.16 Å². The molecule has 0 aliphatic carbocycles. The van der Waals surface area contributed by atoms with Crippen LogP contribution in [0, 0.1) is 0 Å². The lowest BCUT2D eigenvalue weighted by Gasteiger charge is -2.09. The predicted octanol–water partition coefficient (Wildman–Crippen LogP) is 3.68. The van der Waals surface area contributed by atoms with Crippen molar-refractivity contribution in [3.8, 4) is 0 Å². The van der Waals surface area contributed by atoms with Crippen LogP contribution in [0.2, 0.25) is 0 Å². The molecule has 0 unspecified atom stereocenters. The first-order valence-corrected chi connectivity index (χ1v) is 5.66. The molecule has 0 aromatic heterocycles. The lowest BCUT2D eigenvalue weighted by atomic mass is 10.2. The number of hydrogen-bond donors (Lipinski definition) is 1. The SMILES string of the molecule is CCCNc1ccc(COC(C)C)cc1.[HH]. The van der Waals surface area contributed by atoms with Gasteiger partial charge < -0.3 is 10.1 Å². The Hall–Kier alpha value is -1.02. The maximum absolute atomic E-state index is 5.53. The van der Waals surface area contributed by atoms with Crippen molar-refractivity contribution in [2.75, 3.05) is 11.9 Å². The van der Waals surface area contributed by atoms with Crippen LogP contribution in [0.25, 0.3) is 0 Å². The van der Waals surface area contributed by atoms with Crippen LogP contribution >= 0.6 is 0 Å². The third-order valence-corrected chi connectivity index (χ3v) is 2.12. The number of benzene rings is 1. The number of anilines is 1. The molecule has 86 valence electrons. The van der Waals surface area contributed by atoms with Gasteiger partial charge in [-0.1, -0.05) is 19.1 Å². The normalized spacial score (nSPS) is 10.7. The lowest BCUT2D eigenvalue weighted by Crippen LogP contribution is -2.03. The summed E-state index contributed by atoms with van der Waals surface area (Å²) in [5, 5.41) is 3.35. The lowest BCUT2D eigenvalue weighted by molar-refractivity contribution is 0.0657. The van der Waals surface area contributed by atoms with Gasteiger partial charge in [-0.3, -0.25) is 0 Å². The molecular weight excluding hydrogens is 186 g/mol. The molecule has 0 spiro atoms. The largest absolute Gasteiger partial charge is 0.385 e. The van der Waals surface area contributed by atoms with Crippen LogP contribution in [0.5, 0.6) is 0 Å². The van der Waals surface area contributed by atoms with Crippen LogP contribution in [0.3, 0.4) is 0 Å². The molecule has 1 aromatic carbocycles. The molecule has 1 rings (SSSR count). The molecule has 2 heteroatoms. The highest BCUT2D eigenvalue weighted by atomic mass is 16.5. The predicted molar refractivity (Wildman–Crippen MR) is 67.3 cm³/mol. The van der Waals surface area contributed by atoms with E-state index in [0.29, 0.717) is 12.7 Å². The molecule has 0 saturated carbocycles. The molecule has 0 saturated heterocycles. The maximum Gasteiger partial charge on any atom is 0.0720 e. The maximum atomic E-state index is 5.53. The molecule has 15 heavy (non-hydrogen) atoms. The van der Waals surface area contributed by atoms with Crippen LogP contribution in [-0.4, -0.2) is 12.6 Å². The van der Waals surface area contributed by atoms with Crippen LogP contribution in [0.4, 0.5) is 5.69 Å². The molecule has 0 aliphatic heterocycles. The van der Waals surface area contributed by atoms with Crippen molar-refractivity contribution in [3.63, 3.8) is 0 Å². The Bertz CT molecular complexity index is 272. The highest BCUT2D eigenvalue weighted by molar-refractivity contribution is 5.44. The van der Waals surface area contributed by atoms with Crippen LogP contribution in [0.1, 0.15) is 34.2 Å². The van der Waals surface area contributed by atoms with Gasteiger partial charge in [0.15, 0.2) is 0 Å². The zero-order valence-electron chi connectivity index (χ0n) is 9.92. The summed E-state index contributed by atoms with van der Waals surface area (Å²) in [4.78, 5) is 0. The van der Waals surface area contributed by atoms with E-state index in [2.05, 4.69) is 50.4 Å². The van der Waals surface area contributed by atoms with Gasteiger partial charge in [-0.15, -0.1) is 0 Å². The first-order chi connectivity index (χ1) is 7.22. The van der Waals surface area contributed by atoms with E-state index in [4.69, 9.17) is 4.74 Å². The smallest absolute Gasteiger partial charge is 0.0720 e. The molecule has 0 atom stereocenters. The van der Waals surface area contributed by atoms with Gasteiger partial charge in [0.05, 0.1) is 12.7 Å². The van der Waals surface area contributed by atoms with Gasteiger partial charge in [-0.2, -0.15) is 0 Å². The average molecular weight is 209 g/mol. The first kappa shape index (κ1) is 12.1. The Labute approximate surface area is 94.1 Å². The minimum Gasteiger partial charge on any atom is -0.385 e. The molecular formula is C13H23NO. The third kappa shape index (κ3) is 4.84. The van der Waals surface area contributed by atoms with Crippen LogP contribution in [-0.2, 0) is 11.3 Å². The van der Waals surface area contributed by atoms with Gasteiger partial charge in [0, 0.05) is 13.7 Å². The van der Waals surface area contributed by atoms with Gasteiger partial charge in [0.25, 0.3) is 0 Å². The second-order valence-electron chi connectivity index (χ2n) is 3.98. The first-order valence-electron chi connectivity index (χ1n) is 5.66. The summed E-state index contributed by atoms with van der Waals surface area (Å²) in [6.45, 7) is 8.00. The molecule has 0 aliphatic rings. The van der Waals surface area contributed by atoms with Gasteiger partial charge in [0.1, 0.15) is 0 Å². The minimum absolute atomic E-state index is 0. The van der Waals surface area contributed by atoms with Crippen LogP contribution < -0.4 is 5.32 Å². The molecule has 0 fully saturated rings. The second kappa shape index (κ2) is 6.46. The fourth-order valence-corrected chi connectivity index (χ4v) is 1.25. The summed E-state index contributed by atoms with van der Waals surface area (Å²) in [5.74, 6) is 0. The topological polar surface area (TPSA) is 21.3 Å². The van der Waals surface area contributed by atoms with Crippen molar-refractivity contribution in [2.45, 2.75) is 39.9 Å². The quantitative estimate of drug-likeness (QED) is 0.771.